The highest BCUT2D eigenvalue weighted by atomic mass is 32.1. The van der Waals surface area contributed by atoms with Crippen LogP contribution < -0.4 is 29.1 Å². The van der Waals surface area contributed by atoms with Crippen molar-refractivity contribution in [1.29, 1.82) is 0 Å². The number of benzene rings is 2. The lowest BCUT2D eigenvalue weighted by Crippen LogP contribution is -2.43. The quantitative estimate of drug-likeness (QED) is 0.318. The molecule has 0 aliphatic carbocycles. The third-order valence-corrected chi connectivity index (χ3v) is 9.09. The molecule has 0 radical (unpaired) electrons. The summed E-state index contributed by atoms with van der Waals surface area (Å²) in [5.74, 6) is 1.91. The Morgan fingerprint density at radius 2 is 1.84 bits per heavy atom. The lowest BCUT2D eigenvalue weighted by Gasteiger charge is -2.29. The van der Waals surface area contributed by atoms with Gasteiger partial charge < -0.3 is 23.7 Å². The number of carbonyl (C=O) groups is 1. The third-order valence-electron chi connectivity index (χ3n) is 8.11. The van der Waals surface area contributed by atoms with E-state index in [9.17, 15) is 9.59 Å². The van der Waals surface area contributed by atoms with Gasteiger partial charge in [-0.1, -0.05) is 29.5 Å². The van der Waals surface area contributed by atoms with Crippen LogP contribution in [-0.2, 0) is 4.79 Å². The Kier molecular flexibility index (Phi) is 7.47. The molecule has 2 aromatic carbocycles. The molecule has 0 saturated carbocycles. The van der Waals surface area contributed by atoms with Crippen LogP contribution in [0.25, 0.3) is 11.8 Å². The summed E-state index contributed by atoms with van der Waals surface area (Å²) in [7, 11) is 1.60. The number of amides is 1. The summed E-state index contributed by atoms with van der Waals surface area (Å²) >= 11 is 1.32. The van der Waals surface area contributed by atoms with Crippen LogP contribution in [0.4, 0.5) is 0 Å². The number of hydrogen-bond donors (Lipinski definition) is 0. The molecule has 43 heavy (non-hydrogen) atoms. The van der Waals surface area contributed by atoms with Crippen molar-refractivity contribution in [2.45, 2.75) is 40.7 Å². The van der Waals surface area contributed by atoms with Crippen LogP contribution in [0.5, 0.6) is 17.2 Å². The zero-order chi connectivity index (χ0) is 30.4. The summed E-state index contributed by atoms with van der Waals surface area (Å²) in [6.45, 7) is 11.1. The SMILES string of the molecule is CCN(CC)C(=O)C1=C(C)N=c2s/c(=C\c3cc(C)n(-c4ccc5c(c4)OCO5)c3C)c(=O)n2[C@@H]1c1ccccc1OC. The van der Waals surface area contributed by atoms with Gasteiger partial charge in [-0.15, -0.1) is 0 Å². The second-order valence-electron chi connectivity index (χ2n) is 10.5. The van der Waals surface area contributed by atoms with Crippen LogP contribution in [0, 0.1) is 13.8 Å². The fraction of sp³-hybridized carbons (Fsp3) is 0.303. The van der Waals surface area contributed by atoms with Crippen molar-refractivity contribution in [1.82, 2.24) is 14.0 Å². The smallest absolute Gasteiger partial charge is 0.271 e. The number of ether oxygens (including phenoxy) is 3. The van der Waals surface area contributed by atoms with Crippen LogP contribution in [-0.4, -0.2) is 46.9 Å². The Labute approximate surface area is 253 Å². The van der Waals surface area contributed by atoms with Gasteiger partial charge in [-0.3, -0.25) is 14.2 Å². The minimum absolute atomic E-state index is 0.135. The second-order valence-corrected chi connectivity index (χ2v) is 11.5. The molecule has 4 heterocycles. The second kappa shape index (κ2) is 11.3. The van der Waals surface area contributed by atoms with Gasteiger partial charge in [-0.2, -0.15) is 0 Å². The van der Waals surface area contributed by atoms with Gasteiger partial charge in [0.2, 0.25) is 6.79 Å². The normalized spacial score (nSPS) is 15.9. The molecule has 2 aromatic heterocycles. The average molecular weight is 599 g/mol. The maximum Gasteiger partial charge on any atom is 0.271 e. The first-order valence-electron chi connectivity index (χ1n) is 14.3. The molecular weight excluding hydrogens is 564 g/mol. The van der Waals surface area contributed by atoms with E-state index in [-0.39, 0.29) is 18.3 Å². The van der Waals surface area contributed by atoms with E-state index in [4.69, 9.17) is 19.2 Å². The Balaban J connectivity index is 1.52. The maximum atomic E-state index is 14.2. The number of nitrogens with zero attached hydrogens (tertiary/aromatic N) is 4. The van der Waals surface area contributed by atoms with Gasteiger partial charge in [0.1, 0.15) is 11.8 Å². The Morgan fingerprint density at radius 1 is 1.09 bits per heavy atom. The summed E-state index contributed by atoms with van der Waals surface area (Å²) in [6, 6.07) is 14.8. The highest BCUT2D eigenvalue weighted by Crippen LogP contribution is 2.37. The van der Waals surface area contributed by atoms with E-state index in [1.165, 1.54) is 11.3 Å². The first-order valence-corrected chi connectivity index (χ1v) is 15.1. The average Bonchev–Trinajstić information content (AvgIpc) is 3.67. The van der Waals surface area contributed by atoms with Crippen molar-refractivity contribution in [3.8, 4) is 22.9 Å². The van der Waals surface area contributed by atoms with Gasteiger partial charge in [-0.25, -0.2) is 4.99 Å². The number of thiazole rings is 1. The van der Waals surface area contributed by atoms with E-state index in [0.29, 0.717) is 45.2 Å². The first kappa shape index (κ1) is 28.5. The Hall–Kier alpha value is -4.57. The molecule has 4 aromatic rings. The minimum atomic E-state index is -0.677. The van der Waals surface area contributed by atoms with Crippen molar-refractivity contribution >= 4 is 23.3 Å². The highest BCUT2D eigenvalue weighted by Gasteiger charge is 2.35. The molecule has 1 atom stereocenters. The molecule has 9 nitrogen and oxygen atoms in total. The van der Waals surface area contributed by atoms with Gasteiger partial charge in [0.05, 0.1) is 22.9 Å². The van der Waals surface area contributed by atoms with Crippen LogP contribution in [0.3, 0.4) is 0 Å². The number of allylic oxidation sites excluding steroid dienone is 1. The number of aryl methyl sites for hydroxylation is 1. The van der Waals surface area contributed by atoms with E-state index in [1.807, 2.05) is 83.2 Å². The first-order chi connectivity index (χ1) is 20.8. The van der Waals surface area contributed by atoms with Crippen molar-refractivity contribution in [2.75, 3.05) is 27.0 Å². The highest BCUT2D eigenvalue weighted by molar-refractivity contribution is 7.07. The van der Waals surface area contributed by atoms with Crippen LogP contribution >= 0.6 is 11.3 Å². The number of para-hydroxylation sites is 1. The molecular formula is C33H34N4O5S. The summed E-state index contributed by atoms with van der Waals surface area (Å²) in [5, 5.41) is 0. The van der Waals surface area contributed by atoms with Gasteiger partial charge in [-0.05, 0) is 70.5 Å². The summed E-state index contributed by atoms with van der Waals surface area (Å²) in [4.78, 5) is 35.2. The molecule has 10 heteroatoms. The monoisotopic (exact) mass is 598 g/mol. The molecule has 0 fully saturated rings. The zero-order valence-electron chi connectivity index (χ0n) is 25.1. The fourth-order valence-corrected chi connectivity index (χ4v) is 7.00. The zero-order valence-corrected chi connectivity index (χ0v) is 25.9. The van der Waals surface area contributed by atoms with Crippen LogP contribution in [0.15, 0.2) is 69.6 Å². The fourth-order valence-electron chi connectivity index (χ4n) is 5.96. The topological polar surface area (TPSA) is 87.3 Å². The Morgan fingerprint density at radius 3 is 2.58 bits per heavy atom. The third kappa shape index (κ3) is 4.75. The minimum Gasteiger partial charge on any atom is -0.496 e. The molecule has 1 amide bonds. The summed E-state index contributed by atoms with van der Waals surface area (Å²) < 4.78 is 21.1. The molecule has 222 valence electrons. The van der Waals surface area contributed by atoms with Crippen LogP contribution in [0.2, 0.25) is 0 Å². The summed E-state index contributed by atoms with van der Waals surface area (Å²) in [6.07, 6.45) is 1.92. The van der Waals surface area contributed by atoms with E-state index in [2.05, 4.69) is 10.6 Å². The van der Waals surface area contributed by atoms with Crippen molar-refractivity contribution in [3.05, 3.63) is 102 Å². The molecule has 0 bridgehead atoms. The standard InChI is InChI=1S/C33H34N4O5S/c1-7-35(8-2)32(39)29-20(4)34-33-37(30(29)24-11-9-10-12-25(24)40-6)31(38)28(43-33)16-22-15-19(3)36(21(22)5)23-13-14-26-27(17-23)42-18-41-26/h9-17,30H,7-8,18H2,1-6H3/b28-16-/t30-/m1/s1. The molecule has 0 unspecified atom stereocenters. The number of likely N-dealkylation sites (N-methyl/N-ethyl adjacent to an activating group) is 1. The number of fused-ring (bicyclic) bond motifs is 2. The van der Waals surface area contributed by atoms with Crippen molar-refractivity contribution < 1.29 is 19.0 Å². The number of aromatic nitrogens is 2. The van der Waals surface area contributed by atoms with Crippen molar-refractivity contribution in [3.63, 3.8) is 0 Å². The number of rotatable bonds is 7. The largest absolute Gasteiger partial charge is 0.496 e. The van der Waals surface area contributed by atoms with E-state index in [1.54, 1.807) is 16.6 Å². The Bertz CT molecular complexity index is 1960. The number of carbonyl (C=O) groups excluding carboxylic acids is 1. The van der Waals surface area contributed by atoms with E-state index >= 15 is 0 Å². The molecule has 2 aliphatic rings. The molecule has 0 spiro atoms. The maximum absolute atomic E-state index is 14.2. The number of hydrogen-bond acceptors (Lipinski definition) is 7. The van der Waals surface area contributed by atoms with Gasteiger partial charge >= 0.3 is 0 Å². The molecule has 0 N–H and O–H groups in total. The van der Waals surface area contributed by atoms with Crippen LogP contribution in [0.1, 0.15) is 49.3 Å². The van der Waals surface area contributed by atoms with Gasteiger partial charge in [0, 0.05) is 41.8 Å². The number of methoxy groups -OCH3 is 1. The van der Waals surface area contributed by atoms with Gasteiger partial charge in [0.25, 0.3) is 11.5 Å². The molecule has 0 saturated heterocycles. The molecule has 2 aliphatic heterocycles. The summed E-state index contributed by atoms with van der Waals surface area (Å²) in [5.41, 5.74) is 5.49. The predicted molar refractivity (Wildman–Crippen MR) is 166 cm³/mol. The van der Waals surface area contributed by atoms with E-state index < -0.39 is 6.04 Å². The lowest BCUT2D eigenvalue weighted by atomic mass is 9.94. The molecule has 6 rings (SSSR count). The predicted octanol–water partition coefficient (Wildman–Crippen LogP) is 4.25. The lowest BCUT2D eigenvalue weighted by molar-refractivity contribution is -0.127. The van der Waals surface area contributed by atoms with Crippen molar-refractivity contribution in [2.24, 2.45) is 4.99 Å². The van der Waals surface area contributed by atoms with E-state index in [0.717, 1.165) is 34.0 Å². The van der Waals surface area contributed by atoms with Gasteiger partial charge in [0.15, 0.2) is 16.3 Å².